The minimum absolute atomic E-state index is 0. The zero-order valence-electron chi connectivity index (χ0n) is 26.4. The minimum Gasteiger partial charge on any atom is -0.862 e. The molecule has 0 rings (SSSR count). The Morgan fingerprint density at radius 1 is 0.767 bits per heavy atom. The van der Waals surface area contributed by atoms with Gasteiger partial charge in [-0.2, -0.15) is 0 Å². The fourth-order valence-corrected chi connectivity index (χ4v) is 3.38. The number of amides is 1. The molecule has 4 N–H and O–H groups in total. The van der Waals surface area contributed by atoms with Crippen molar-refractivity contribution in [3.8, 4) is 0 Å². The predicted octanol–water partition coefficient (Wildman–Crippen LogP) is 0.639. The van der Waals surface area contributed by atoms with Gasteiger partial charge >= 0.3 is 43.7 Å². The van der Waals surface area contributed by atoms with E-state index in [0.717, 1.165) is 38.5 Å². The maximum atomic E-state index is 11.6. The predicted molar refractivity (Wildman–Crippen MR) is 166 cm³/mol. The molecule has 43 heavy (non-hydrogen) atoms. The average Bonchev–Trinajstić information content (AvgIpc) is 2.96. The molecular weight excluding hydrogens is 584 g/mol. The molecule has 0 atom stereocenters. The third kappa shape index (κ3) is 36.6. The van der Waals surface area contributed by atoms with Gasteiger partial charge in [0, 0.05) is 51.8 Å². The molecule has 0 bridgehead atoms. The Morgan fingerprint density at radius 2 is 1.30 bits per heavy atom. The van der Waals surface area contributed by atoms with Crippen molar-refractivity contribution in [2.24, 2.45) is 4.99 Å². The summed E-state index contributed by atoms with van der Waals surface area (Å²) in [6.45, 7) is 6.49. The van der Waals surface area contributed by atoms with E-state index in [4.69, 9.17) is 15.3 Å². The van der Waals surface area contributed by atoms with Crippen molar-refractivity contribution in [3.05, 3.63) is 24.3 Å². The summed E-state index contributed by atoms with van der Waals surface area (Å²) in [6.07, 6.45) is 15.8. The van der Waals surface area contributed by atoms with Crippen LogP contribution in [0.4, 0.5) is 0 Å². The third-order valence-corrected chi connectivity index (χ3v) is 5.86. The molecule has 0 saturated carbocycles. The Hall–Kier alpha value is -1.54. The second kappa shape index (κ2) is 34.9. The summed E-state index contributed by atoms with van der Waals surface area (Å²) in [4.78, 5) is 40.1. The number of aliphatic imine (C=N–C) groups is 1. The topological polar surface area (TPSA) is 189 Å². The van der Waals surface area contributed by atoms with E-state index >= 15 is 0 Å². The maximum Gasteiger partial charge on any atom is 2.00 e. The van der Waals surface area contributed by atoms with Crippen LogP contribution < -0.4 is 15.5 Å². The average molecular weight is 639 g/mol. The molecule has 0 unspecified atom stereocenters. The van der Waals surface area contributed by atoms with Crippen LogP contribution in [0.1, 0.15) is 90.9 Å². The van der Waals surface area contributed by atoms with Crippen molar-refractivity contribution in [3.63, 3.8) is 0 Å². The van der Waals surface area contributed by atoms with Gasteiger partial charge < -0.3 is 35.6 Å². The molecule has 1 amide bonds. The first-order valence-corrected chi connectivity index (χ1v) is 15.0. The van der Waals surface area contributed by atoms with Crippen molar-refractivity contribution < 1.29 is 39.9 Å². The van der Waals surface area contributed by atoms with Gasteiger partial charge in [-0.05, 0) is 44.4 Å². The number of rotatable bonds is 26. The van der Waals surface area contributed by atoms with Gasteiger partial charge in [-0.1, -0.05) is 63.8 Å². The third-order valence-electron chi connectivity index (χ3n) is 5.86. The SMILES string of the molecule is CCCC/C=C/CC(=O)NCN(CCCO)CCC(=O)O.CCCC/C=C/CC([O-])=NCN(CCCO)CCC(=O)[O-].[Ca+2]. The number of allylic oxidation sites excluding steroid dienone is 2. The Balaban J connectivity index is -0.000000727. The number of hydrogen-bond donors (Lipinski definition) is 4. The zero-order valence-corrected chi connectivity index (χ0v) is 28.6. The molecule has 0 heterocycles. The fraction of sp³-hybridized carbons (Fsp3) is 0.733. The summed E-state index contributed by atoms with van der Waals surface area (Å²) in [7, 11) is 0. The smallest absolute Gasteiger partial charge is 0.862 e. The van der Waals surface area contributed by atoms with Gasteiger partial charge in [-0.15, -0.1) is 0 Å². The molecule has 0 spiro atoms. The number of hydrogen-bond acceptors (Lipinski definition) is 10. The van der Waals surface area contributed by atoms with Crippen molar-refractivity contribution in [1.82, 2.24) is 15.1 Å². The van der Waals surface area contributed by atoms with Crippen LogP contribution in [0.2, 0.25) is 0 Å². The van der Waals surface area contributed by atoms with E-state index in [1.54, 1.807) is 4.90 Å². The molecule has 0 aliphatic carbocycles. The molecule has 0 radical (unpaired) electrons. The first-order chi connectivity index (χ1) is 20.2. The molecule has 244 valence electrons. The number of aliphatic hydroxyl groups excluding tert-OH is 2. The normalized spacial score (nSPS) is 11.5. The van der Waals surface area contributed by atoms with E-state index in [9.17, 15) is 24.6 Å². The monoisotopic (exact) mass is 638 g/mol. The largest absolute Gasteiger partial charge is 2.00 e. The van der Waals surface area contributed by atoms with Crippen LogP contribution in [0.25, 0.3) is 0 Å². The van der Waals surface area contributed by atoms with Crippen LogP contribution in [0.5, 0.6) is 0 Å². The number of aliphatic hydroxyl groups is 2. The van der Waals surface area contributed by atoms with E-state index in [1.165, 1.54) is 0 Å². The zero-order chi connectivity index (χ0) is 31.8. The number of aliphatic carboxylic acids is 2. The fourth-order valence-electron chi connectivity index (χ4n) is 3.38. The van der Waals surface area contributed by atoms with Crippen LogP contribution >= 0.6 is 0 Å². The van der Waals surface area contributed by atoms with Gasteiger partial charge in [-0.3, -0.25) is 24.4 Å². The molecule has 0 aromatic carbocycles. The van der Waals surface area contributed by atoms with Crippen LogP contribution in [0, 0.1) is 0 Å². The Morgan fingerprint density at radius 3 is 1.81 bits per heavy atom. The number of carbonyl (C=O) groups excluding carboxylic acids is 2. The van der Waals surface area contributed by atoms with Gasteiger partial charge in [0.05, 0.1) is 19.8 Å². The second-order valence-electron chi connectivity index (χ2n) is 9.74. The first-order valence-electron chi connectivity index (χ1n) is 15.0. The molecular formula is C30H54CaN4O8. The number of carboxylic acids is 2. The molecule has 0 saturated heterocycles. The summed E-state index contributed by atoms with van der Waals surface area (Å²) < 4.78 is 0. The van der Waals surface area contributed by atoms with Crippen molar-refractivity contribution in [2.75, 3.05) is 52.7 Å². The maximum absolute atomic E-state index is 11.6. The van der Waals surface area contributed by atoms with Crippen molar-refractivity contribution in [2.45, 2.75) is 90.9 Å². The number of carbonyl (C=O) groups is 3. The van der Waals surface area contributed by atoms with Crippen LogP contribution in [-0.4, -0.2) is 139 Å². The van der Waals surface area contributed by atoms with Crippen LogP contribution in [-0.2, 0) is 14.4 Å². The Kier molecular flexibility index (Phi) is 37.3. The summed E-state index contributed by atoms with van der Waals surface area (Å²) in [5, 5.41) is 51.1. The Labute approximate surface area is 287 Å². The van der Waals surface area contributed by atoms with Gasteiger partial charge in [0.1, 0.15) is 0 Å². The molecule has 0 aromatic rings. The van der Waals surface area contributed by atoms with Crippen LogP contribution in [0.3, 0.4) is 0 Å². The van der Waals surface area contributed by atoms with E-state index in [1.807, 2.05) is 29.2 Å². The Bertz CT molecular complexity index is 781. The molecule has 0 aromatic heterocycles. The minimum atomic E-state index is -1.13. The summed E-state index contributed by atoms with van der Waals surface area (Å²) in [6, 6.07) is 0. The summed E-state index contributed by atoms with van der Waals surface area (Å²) >= 11 is 0. The summed E-state index contributed by atoms with van der Waals surface area (Å²) in [5.74, 6) is -2.29. The van der Waals surface area contributed by atoms with Gasteiger partial charge in [0.25, 0.3) is 0 Å². The summed E-state index contributed by atoms with van der Waals surface area (Å²) in [5.41, 5.74) is 0. The van der Waals surface area contributed by atoms with Gasteiger partial charge in [0.15, 0.2) is 0 Å². The van der Waals surface area contributed by atoms with E-state index in [2.05, 4.69) is 24.2 Å². The standard InChI is InChI=1S/2C15H28N2O4.Ca/c2*1-2-3-4-5-6-8-14(19)16-13-17(10-7-12-18)11-9-15(20)21;/h2*5-6,18H,2-4,7-13H2,1H3,(H,16,19)(H,20,21);/q;;+2/p-2/b2*6-5+;. The molecule has 13 heteroatoms. The second-order valence-corrected chi connectivity index (χ2v) is 9.74. The number of nitrogens with zero attached hydrogens (tertiary/aromatic N) is 3. The van der Waals surface area contributed by atoms with Crippen molar-refractivity contribution >= 4 is 61.5 Å². The van der Waals surface area contributed by atoms with Gasteiger partial charge in [0.2, 0.25) is 5.91 Å². The first kappa shape index (κ1) is 45.9. The molecule has 0 fully saturated rings. The van der Waals surface area contributed by atoms with E-state index in [0.29, 0.717) is 45.6 Å². The van der Waals surface area contributed by atoms with E-state index < -0.39 is 11.9 Å². The van der Waals surface area contributed by atoms with Gasteiger partial charge in [-0.25, -0.2) is 0 Å². The number of nitrogens with one attached hydrogen (secondary N) is 1. The van der Waals surface area contributed by atoms with Crippen LogP contribution in [0.15, 0.2) is 29.3 Å². The van der Waals surface area contributed by atoms with Crippen molar-refractivity contribution in [1.29, 1.82) is 0 Å². The molecule has 0 aliphatic rings. The quantitative estimate of drug-likeness (QED) is 0.0261. The molecule has 0 aliphatic heterocycles. The molecule has 12 nitrogen and oxygen atoms in total. The number of carboxylic acid groups (broad SMARTS) is 2. The van der Waals surface area contributed by atoms with E-state index in [-0.39, 0.29) is 95.2 Å². The number of unbranched alkanes of at least 4 members (excludes halogenated alkanes) is 4.